The molecule has 64 valence electrons. The van der Waals surface area contributed by atoms with E-state index in [1.54, 1.807) is 0 Å². The van der Waals surface area contributed by atoms with Crippen LogP contribution in [0.1, 0.15) is 17.9 Å². The Kier molecular flexibility index (Phi) is 2.33. The first kappa shape index (κ1) is 8.09. The van der Waals surface area contributed by atoms with Gasteiger partial charge in [-0.3, -0.25) is 0 Å². The van der Waals surface area contributed by atoms with E-state index < -0.39 is 0 Å². The minimum Gasteiger partial charge on any atom is -0.233 e. The van der Waals surface area contributed by atoms with Crippen LogP contribution in [-0.4, -0.2) is 6.54 Å². The lowest BCUT2D eigenvalue weighted by molar-refractivity contribution is 0.766. The molecule has 0 bridgehead atoms. The minimum atomic E-state index is 0.748. The Labute approximate surface area is 77.9 Å². The highest BCUT2D eigenvalue weighted by atomic mass is 35.5. The van der Waals surface area contributed by atoms with Gasteiger partial charge in [0.25, 0.3) is 0 Å². The van der Waals surface area contributed by atoms with Gasteiger partial charge in [0.2, 0.25) is 0 Å². The summed E-state index contributed by atoms with van der Waals surface area (Å²) in [4.78, 5) is 2.70. The third-order valence-electron chi connectivity index (χ3n) is 2.49. The summed E-state index contributed by atoms with van der Waals surface area (Å²) in [6.45, 7) is 0.932. The van der Waals surface area contributed by atoms with Gasteiger partial charge < -0.3 is 0 Å². The van der Waals surface area contributed by atoms with Gasteiger partial charge >= 0.3 is 0 Å². The second-order valence-corrected chi connectivity index (χ2v) is 3.62. The molecule has 1 nitrogen and oxygen atoms in total. The van der Waals surface area contributed by atoms with Crippen molar-refractivity contribution in [1.82, 2.24) is 4.84 Å². The molecule has 2 heteroatoms. The van der Waals surface area contributed by atoms with Crippen molar-refractivity contribution >= 4 is 11.8 Å². The van der Waals surface area contributed by atoms with Crippen molar-refractivity contribution in [2.75, 3.05) is 6.54 Å². The number of hydrogen-bond acceptors (Lipinski definition) is 1. The van der Waals surface area contributed by atoms with Gasteiger partial charge in [-0.15, -0.1) is 0 Å². The van der Waals surface area contributed by atoms with Crippen LogP contribution in [0.2, 0.25) is 0 Å². The van der Waals surface area contributed by atoms with Crippen LogP contribution in [0.15, 0.2) is 30.3 Å². The molecule has 0 aromatic heterocycles. The molecule has 1 fully saturated rings. The van der Waals surface area contributed by atoms with E-state index in [0.717, 1.165) is 18.4 Å². The van der Waals surface area contributed by atoms with E-state index in [9.17, 15) is 0 Å². The first-order valence-corrected chi connectivity index (χ1v) is 4.68. The van der Waals surface area contributed by atoms with Gasteiger partial charge in [0.05, 0.1) is 0 Å². The Hall–Kier alpha value is -0.530. The molecule has 1 aliphatic carbocycles. The fourth-order valence-electron chi connectivity index (χ4n) is 1.68. The molecule has 1 aliphatic rings. The standard InChI is InChI=1S/C10H12ClN/c11-12-7-9-6-10(9)8-4-2-1-3-5-8/h1-5,9-10,12H,6-7H2/t9-,10-/m1/s1. The SMILES string of the molecule is ClNC[C@H]1C[C@@H]1c1ccccc1. The molecular weight excluding hydrogens is 170 g/mol. The summed E-state index contributed by atoms with van der Waals surface area (Å²) in [6.07, 6.45) is 1.28. The lowest BCUT2D eigenvalue weighted by Crippen LogP contribution is -2.03. The normalized spacial score (nSPS) is 27.1. The molecule has 0 radical (unpaired) electrons. The van der Waals surface area contributed by atoms with Crippen molar-refractivity contribution in [3.05, 3.63) is 35.9 Å². The highest BCUT2D eigenvalue weighted by Crippen LogP contribution is 2.46. The third-order valence-corrected chi connectivity index (χ3v) is 2.64. The van der Waals surface area contributed by atoms with E-state index in [1.807, 2.05) is 0 Å². The predicted octanol–water partition coefficient (Wildman–Crippen LogP) is 2.53. The van der Waals surface area contributed by atoms with Crippen molar-refractivity contribution < 1.29 is 0 Å². The van der Waals surface area contributed by atoms with E-state index in [0.29, 0.717) is 0 Å². The van der Waals surface area contributed by atoms with E-state index in [2.05, 4.69) is 35.2 Å². The van der Waals surface area contributed by atoms with Crippen LogP contribution in [-0.2, 0) is 0 Å². The van der Waals surface area contributed by atoms with Crippen LogP contribution >= 0.6 is 11.8 Å². The second kappa shape index (κ2) is 3.46. The van der Waals surface area contributed by atoms with Crippen LogP contribution in [0.4, 0.5) is 0 Å². The van der Waals surface area contributed by atoms with Crippen molar-refractivity contribution in [2.24, 2.45) is 5.92 Å². The molecule has 0 spiro atoms. The summed E-state index contributed by atoms with van der Waals surface area (Å²) >= 11 is 5.44. The predicted molar refractivity (Wildman–Crippen MR) is 51.1 cm³/mol. The molecular formula is C10H12ClN. The van der Waals surface area contributed by atoms with Crippen molar-refractivity contribution in [3.63, 3.8) is 0 Å². The van der Waals surface area contributed by atoms with Crippen molar-refractivity contribution in [3.8, 4) is 0 Å². The summed E-state index contributed by atoms with van der Waals surface area (Å²) < 4.78 is 0. The van der Waals surface area contributed by atoms with Gasteiger partial charge in [-0.2, -0.15) is 0 Å². The molecule has 0 saturated heterocycles. The first-order chi connectivity index (χ1) is 5.92. The molecule has 0 aliphatic heterocycles. The summed E-state index contributed by atoms with van der Waals surface area (Å²) in [5.74, 6) is 1.50. The molecule has 1 aromatic carbocycles. The van der Waals surface area contributed by atoms with Gasteiger partial charge in [-0.25, -0.2) is 4.84 Å². The van der Waals surface area contributed by atoms with Crippen LogP contribution in [0, 0.1) is 5.92 Å². The maximum Gasteiger partial charge on any atom is 0.0142 e. The monoisotopic (exact) mass is 181 g/mol. The summed E-state index contributed by atoms with van der Waals surface area (Å²) in [6, 6.07) is 10.6. The number of halogens is 1. The Morgan fingerprint density at radius 2 is 2.08 bits per heavy atom. The molecule has 2 rings (SSSR count). The van der Waals surface area contributed by atoms with Crippen LogP contribution in [0.3, 0.4) is 0 Å². The van der Waals surface area contributed by atoms with Gasteiger partial charge in [-0.05, 0) is 35.6 Å². The Morgan fingerprint density at radius 1 is 1.33 bits per heavy atom. The highest BCUT2D eigenvalue weighted by Gasteiger charge is 2.37. The summed E-state index contributed by atoms with van der Waals surface area (Å²) in [5.41, 5.74) is 1.45. The quantitative estimate of drug-likeness (QED) is 0.707. The van der Waals surface area contributed by atoms with E-state index >= 15 is 0 Å². The number of benzene rings is 1. The molecule has 1 N–H and O–H groups in total. The average molecular weight is 182 g/mol. The smallest absolute Gasteiger partial charge is 0.0142 e. The first-order valence-electron chi connectivity index (χ1n) is 4.30. The van der Waals surface area contributed by atoms with E-state index in [-0.39, 0.29) is 0 Å². The fraction of sp³-hybridized carbons (Fsp3) is 0.400. The van der Waals surface area contributed by atoms with Crippen molar-refractivity contribution in [2.45, 2.75) is 12.3 Å². The topological polar surface area (TPSA) is 12.0 Å². The molecule has 1 saturated carbocycles. The molecule has 0 unspecified atom stereocenters. The maximum atomic E-state index is 5.44. The van der Waals surface area contributed by atoms with Crippen LogP contribution in [0.5, 0.6) is 0 Å². The second-order valence-electron chi connectivity index (χ2n) is 3.35. The number of rotatable bonds is 3. The number of nitrogens with one attached hydrogen (secondary N) is 1. The fourth-order valence-corrected chi connectivity index (χ4v) is 1.88. The van der Waals surface area contributed by atoms with Crippen LogP contribution < -0.4 is 4.84 Å². The summed E-state index contributed by atoms with van der Waals surface area (Å²) in [5, 5.41) is 0. The van der Waals surface area contributed by atoms with E-state index in [1.165, 1.54) is 12.0 Å². The number of hydrogen-bond donors (Lipinski definition) is 1. The van der Waals surface area contributed by atoms with Crippen LogP contribution in [0.25, 0.3) is 0 Å². The average Bonchev–Trinajstić information content (AvgIpc) is 2.87. The van der Waals surface area contributed by atoms with Crippen molar-refractivity contribution in [1.29, 1.82) is 0 Å². The van der Waals surface area contributed by atoms with E-state index in [4.69, 9.17) is 11.8 Å². The van der Waals surface area contributed by atoms with Gasteiger partial charge in [0, 0.05) is 6.54 Å². The summed E-state index contributed by atoms with van der Waals surface area (Å²) in [7, 11) is 0. The van der Waals surface area contributed by atoms with Gasteiger partial charge in [0.15, 0.2) is 0 Å². The minimum absolute atomic E-state index is 0.748. The van der Waals surface area contributed by atoms with Gasteiger partial charge in [-0.1, -0.05) is 30.3 Å². The zero-order valence-corrected chi connectivity index (χ0v) is 7.59. The molecule has 0 heterocycles. The lowest BCUT2D eigenvalue weighted by Gasteiger charge is -1.97. The molecule has 12 heavy (non-hydrogen) atoms. The lowest BCUT2D eigenvalue weighted by atomic mass is 10.1. The Morgan fingerprint density at radius 3 is 2.75 bits per heavy atom. The molecule has 0 amide bonds. The Bertz CT molecular complexity index is 247. The van der Waals surface area contributed by atoms with Gasteiger partial charge in [0.1, 0.15) is 0 Å². The molecule has 1 aromatic rings. The largest absolute Gasteiger partial charge is 0.233 e. The highest BCUT2D eigenvalue weighted by molar-refractivity contribution is 6.13. The molecule has 2 atom stereocenters. The zero-order valence-electron chi connectivity index (χ0n) is 6.83. The zero-order chi connectivity index (χ0) is 8.39. The third kappa shape index (κ3) is 1.62. The maximum absolute atomic E-state index is 5.44. The Balaban J connectivity index is 1.97.